The number of nitrogens with one attached hydrogen (secondary N) is 1. The minimum atomic E-state index is -0.464. The Bertz CT molecular complexity index is 525. The molecule has 116 valence electrons. The van der Waals surface area contributed by atoms with E-state index in [0.717, 1.165) is 10.0 Å². The highest BCUT2D eigenvalue weighted by Gasteiger charge is 2.33. The van der Waals surface area contributed by atoms with Crippen molar-refractivity contribution in [2.45, 2.75) is 39.0 Å². The van der Waals surface area contributed by atoms with Gasteiger partial charge in [-0.05, 0) is 38.5 Å². The van der Waals surface area contributed by atoms with Crippen molar-refractivity contribution in [2.75, 3.05) is 13.1 Å². The molecule has 2 rings (SSSR count). The molecule has 4 nitrogen and oxygen atoms in total. The number of ether oxygens (including phenoxy) is 1. The third-order valence-electron chi connectivity index (χ3n) is 3.13. The summed E-state index contributed by atoms with van der Waals surface area (Å²) in [6, 6.07) is 4.88. The second-order valence-electron chi connectivity index (χ2n) is 6.20. The van der Waals surface area contributed by atoms with Crippen molar-refractivity contribution in [3.63, 3.8) is 0 Å². The van der Waals surface area contributed by atoms with Crippen LogP contribution in [0.15, 0.2) is 22.7 Å². The van der Waals surface area contributed by atoms with Crippen LogP contribution in [0.2, 0.25) is 0 Å². The van der Waals surface area contributed by atoms with E-state index in [0.29, 0.717) is 19.6 Å². The molecular formula is C15H20BrFN2O2. The maximum atomic E-state index is 13.0. The second kappa shape index (κ2) is 6.32. The number of amides is 1. The molecule has 0 atom stereocenters. The van der Waals surface area contributed by atoms with Gasteiger partial charge in [0.25, 0.3) is 0 Å². The number of benzene rings is 1. The molecule has 1 saturated heterocycles. The van der Waals surface area contributed by atoms with Crippen LogP contribution in [0, 0.1) is 5.82 Å². The molecule has 1 amide bonds. The molecule has 1 fully saturated rings. The van der Waals surface area contributed by atoms with Crippen molar-refractivity contribution >= 4 is 22.0 Å². The number of halogens is 2. The largest absolute Gasteiger partial charge is 0.444 e. The quantitative estimate of drug-likeness (QED) is 0.901. The molecule has 1 heterocycles. The third kappa shape index (κ3) is 4.68. The number of rotatable bonds is 3. The fraction of sp³-hybridized carbons (Fsp3) is 0.533. The van der Waals surface area contributed by atoms with E-state index in [1.165, 1.54) is 12.1 Å². The lowest BCUT2D eigenvalue weighted by molar-refractivity contribution is 0.00518. The Hall–Kier alpha value is -1.14. The molecule has 1 N–H and O–H groups in total. The maximum absolute atomic E-state index is 13.0. The number of likely N-dealkylation sites (tertiary alicyclic amines) is 1. The van der Waals surface area contributed by atoms with Crippen LogP contribution in [-0.2, 0) is 11.3 Å². The van der Waals surface area contributed by atoms with Crippen molar-refractivity contribution in [2.24, 2.45) is 0 Å². The van der Waals surface area contributed by atoms with Crippen LogP contribution < -0.4 is 5.32 Å². The summed E-state index contributed by atoms with van der Waals surface area (Å²) in [6.07, 6.45) is -0.275. The molecule has 0 aromatic heterocycles. The van der Waals surface area contributed by atoms with E-state index >= 15 is 0 Å². The van der Waals surface area contributed by atoms with Gasteiger partial charge in [-0.2, -0.15) is 0 Å². The maximum Gasteiger partial charge on any atom is 0.410 e. The number of hydrogen-bond donors (Lipinski definition) is 1. The first-order valence-corrected chi connectivity index (χ1v) is 7.69. The van der Waals surface area contributed by atoms with Gasteiger partial charge in [-0.25, -0.2) is 9.18 Å². The Labute approximate surface area is 132 Å². The van der Waals surface area contributed by atoms with Gasteiger partial charge in [0, 0.05) is 30.1 Å². The van der Waals surface area contributed by atoms with Gasteiger partial charge in [0.15, 0.2) is 0 Å². The lowest BCUT2D eigenvalue weighted by Gasteiger charge is -2.40. The summed E-state index contributed by atoms with van der Waals surface area (Å²) in [7, 11) is 0. The van der Waals surface area contributed by atoms with Crippen LogP contribution in [0.3, 0.4) is 0 Å². The van der Waals surface area contributed by atoms with E-state index < -0.39 is 5.60 Å². The zero-order valence-corrected chi connectivity index (χ0v) is 14.0. The van der Waals surface area contributed by atoms with Gasteiger partial charge in [-0.15, -0.1) is 0 Å². The standard InChI is InChI=1S/C15H20BrFN2O2/c1-15(2,3)21-14(20)19-8-12(9-19)18-7-10-4-5-11(17)6-13(10)16/h4-6,12,18H,7-9H2,1-3H3. The monoisotopic (exact) mass is 358 g/mol. The van der Waals surface area contributed by atoms with Gasteiger partial charge >= 0.3 is 6.09 Å². The van der Waals surface area contributed by atoms with Gasteiger partial charge in [0.1, 0.15) is 11.4 Å². The molecule has 0 bridgehead atoms. The molecule has 0 unspecified atom stereocenters. The van der Waals surface area contributed by atoms with E-state index in [4.69, 9.17) is 4.74 Å². The molecule has 1 aliphatic heterocycles. The van der Waals surface area contributed by atoms with E-state index in [2.05, 4.69) is 21.2 Å². The van der Waals surface area contributed by atoms with Gasteiger partial charge in [0.05, 0.1) is 0 Å². The number of carbonyl (C=O) groups is 1. The Balaban J connectivity index is 1.75. The van der Waals surface area contributed by atoms with Gasteiger partial charge in [0.2, 0.25) is 0 Å². The molecular weight excluding hydrogens is 339 g/mol. The summed E-state index contributed by atoms with van der Waals surface area (Å²) in [4.78, 5) is 13.4. The van der Waals surface area contributed by atoms with E-state index in [1.54, 1.807) is 11.0 Å². The van der Waals surface area contributed by atoms with Crippen LogP contribution in [0.5, 0.6) is 0 Å². The lowest BCUT2D eigenvalue weighted by Crippen LogP contribution is -2.60. The average molecular weight is 359 g/mol. The SMILES string of the molecule is CC(C)(C)OC(=O)N1CC(NCc2ccc(F)cc2Br)C1. The third-order valence-corrected chi connectivity index (χ3v) is 3.87. The van der Waals surface area contributed by atoms with Crippen LogP contribution in [0.4, 0.5) is 9.18 Å². The summed E-state index contributed by atoms with van der Waals surface area (Å²) in [6.45, 7) is 7.46. The smallest absolute Gasteiger partial charge is 0.410 e. The predicted octanol–water partition coefficient (Wildman–Crippen LogP) is 3.30. The van der Waals surface area contributed by atoms with Crippen molar-refractivity contribution in [1.82, 2.24) is 10.2 Å². The molecule has 1 aromatic carbocycles. The van der Waals surface area contributed by atoms with Gasteiger partial charge in [-0.1, -0.05) is 22.0 Å². The first-order chi connectivity index (χ1) is 9.74. The number of nitrogens with zero attached hydrogens (tertiary/aromatic N) is 1. The van der Waals surface area contributed by atoms with Gasteiger partial charge < -0.3 is 15.0 Å². The Morgan fingerprint density at radius 3 is 2.71 bits per heavy atom. The Morgan fingerprint density at radius 2 is 2.14 bits per heavy atom. The predicted molar refractivity (Wildman–Crippen MR) is 82.5 cm³/mol. The highest BCUT2D eigenvalue weighted by Crippen LogP contribution is 2.19. The summed E-state index contributed by atoms with van der Waals surface area (Å²) >= 11 is 3.34. The van der Waals surface area contributed by atoms with Crippen LogP contribution in [-0.4, -0.2) is 35.7 Å². The second-order valence-corrected chi connectivity index (χ2v) is 7.05. The fourth-order valence-corrected chi connectivity index (χ4v) is 2.49. The molecule has 1 aromatic rings. The van der Waals surface area contributed by atoms with Crippen molar-refractivity contribution in [3.8, 4) is 0 Å². The minimum absolute atomic E-state index is 0.245. The van der Waals surface area contributed by atoms with E-state index in [-0.39, 0.29) is 18.0 Å². The van der Waals surface area contributed by atoms with Crippen LogP contribution in [0.25, 0.3) is 0 Å². The summed E-state index contributed by atoms with van der Waals surface area (Å²) in [5, 5.41) is 3.34. The zero-order chi connectivity index (χ0) is 15.6. The summed E-state index contributed by atoms with van der Waals surface area (Å²) in [5.41, 5.74) is 0.529. The molecule has 6 heteroatoms. The highest BCUT2D eigenvalue weighted by atomic mass is 79.9. The van der Waals surface area contributed by atoms with E-state index in [9.17, 15) is 9.18 Å². The first kappa shape index (κ1) is 16.2. The summed E-state index contributed by atoms with van der Waals surface area (Å²) in [5.74, 6) is -0.259. The molecule has 0 aliphatic carbocycles. The zero-order valence-electron chi connectivity index (χ0n) is 12.5. The Morgan fingerprint density at radius 1 is 1.48 bits per heavy atom. The Kier molecular flexibility index (Phi) is 4.88. The first-order valence-electron chi connectivity index (χ1n) is 6.90. The van der Waals surface area contributed by atoms with Gasteiger partial charge in [-0.3, -0.25) is 0 Å². The number of carbonyl (C=O) groups excluding carboxylic acids is 1. The topological polar surface area (TPSA) is 41.6 Å². The van der Waals surface area contributed by atoms with Crippen molar-refractivity contribution in [3.05, 3.63) is 34.1 Å². The molecule has 1 aliphatic rings. The highest BCUT2D eigenvalue weighted by molar-refractivity contribution is 9.10. The number of hydrogen-bond acceptors (Lipinski definition) is 3. The fourth-order valence-electron chi connectivity index (χ4n) is 2.00. The lowest BCUT2D eigenvalue weighted by atomic mass is 10.1. The summed E-state index contributed by atoms with van der Waals surface area (Å²) < 4.78 is 19.0. The normalized spacial score (nSPS) is 15.8. The molecule has 0 spiro atoms. The average Bonchev–Trinajstić information content (AvgIpc) is 2.27. The molecule has 21 heavy (non-hydrogen) atoms. The molecule has 0 radical (unpaired) electrons. The molecule has 0 saturated carbocycles. The van der Waals surface area contributed by atoms with Crippen LogP contribution >= 0.6 is 15.9 Å². The minimum Gasteiger partial charge on any atom is -0.444 e. The van der Waals surface area contributed by atoms with Crippen molar-refractivity contribution < 1.29 is 13.9 Å². The van der Waals surface area contributed by atoms with Crippen LogP contribution in [0.1, 0.15) is 26.3 Å². The van der Waals surface area contributed by atoms with Crippen molar-refractivity contribution in [1.29, 1.82) is 0 Å². The van der Waals surface area contributed by atoms with E-state index in [1.807, 2.05) is 20.8 Å².